The Morgan fingerprint density at radius 2 is 1.62 bits per heavy atom. The van der Waals surface area contributed by atoms with Crippen molar-refractivity contribution < 1.29 is 32.9 Å². The minimum Gasteiger partial charge on any atom is -0.493 e. The van der Waals surface area contributed by atoms with Crippen molar-refractivity contribution in [1.82, 2.24) is 5.32 Å². The Hall–Kier alpha value is -4.07. The highest BCUT2D eigenvalue weighted by atomic mass is 19.1. The largest absolute Gasteiger partial charge is 0.493 e. The van der Waals surface area contributed by atoms with Gasteiger partial charge in [0.15, 0.2) is 18.1 Å². The molecule has 1 amide bonds. The summed E-state index contributed by atoms with van der Waals surface area (Å²) in [7, 11) is 3.13. The molecule has 0 heterocycles. The van der Waals surface area contributed by atoms with Crippen molar-refractivity contribution >= 4 is 11.9 Å². The van der Waals surface area contributed by atoms with Gasteiger partial charge in [-0.25, -0.2) is 9.18 Å². The summed E-state index contributed by atoms with van der Waals surface area (Å²) in [5.41, 5.74) is 2.02. The highest BCUT2D eigenvalue weighted by Gasteiger charge is 2.12. The van der Waals surface area contributed by atoms with Gasteiger partial charge in [0, 0.05) is 6.54 Å². The number of benzene rings is 3. The molecule has 34 heavy (non-hydrogen) atoms. The van der Waals surface area contributed by atoms with Gasteiger partial charge in [-0.05, 0) is 60.0 Å². The van der Waals surface area contributed by atoms with Gasteiger partial charge in [-0.2, -0.15) is 0 Å². The number of rotatable bonds is 11. The molecule has 0 saturated carbocycles. The van der Waals surface area contributed by atoms with Gasteiger partial charge in [0.2, 0.25) is 0 Å². The first-order valence-corrected chi connectivity index (χ1v) is 10.6. The Kier molecular flexibility index (Phi) is 8.85. The van der Waals surface area contributed by atoms with Crippen molar-refractivity contribution in [3.8, 4) is 17.2 Å². The van der Waals surface area contributed by atoms with Crippen LogP contribution in [0.1, 0.15) is 21.5 Å². The number of nitrogens with one attached hydrogen (secondary N) is 1. The Balaban J connectivity index is 1.42. The van der Waals surface area contributed by atoms with Gasteiger partial charge in [-0.1, -0.05) is 24.3 Å². The van der Waals surface area contributed by atoms with E-state index in [2.05, 4.69) is 5.32 Å². The molecular formula is C26H26FNO6. The van der Waals surface area contributed by atoms with Crippen LogP contribution in [0.25, 0.3) is 0 Å². The van der Waals surface area contributed by atoms with Gasteiger partial charge >= 0.3 is 5.97 Å². The second-order valence-corrected chi connectivity index (χ2v) is 7.31. The van der Waals surface area contributed by atoms with Crippen LogP contribution in [0.2, 0.25) is 0 Å². The van der Waals surface area contributed by atoms with Gasteiger partial charge < -0.3 is 24.3 Å². The molecule has 0 aliphatic carbocycles. The van der Waals surface area contributed by atoms with Crippen LogP contribution in [0, 0.1) is 5.82 Å². The molecule has 3 aromatic carbocycles. The summed E-state index contributed by atoms with van der Waals surface area (Å²) in [6, 6.07) is 17.9. The maximum Gasteiger partial charge on any atom is 0.338 e. The minimum absolute atomic E-state index is 0.223. The summed E-state index contributed by atoms with van der Waals surface area (Å²) in [6.45, 7) is 0.200. The Labute approximate surface area is 197 Å². The lowest BCUT2D eigenvalue weighted by Gasteiger charge is -2.10. The smallest absolute Gasteiger partial charge is 0.338 e. The van der Waals surface area contributed by atoms with Crippen LogP contribution in [0.3, 0.4) is 0 Å². The van der Waals surface area contributed by atoms with Gasteiger partial charge in [0.25, 0.3) is 5.91 Å². The summed E-state index contributed by atoms with van der Waals surface area (Å²) in [5.74, 6) is 0.340. The highest BCUT2D eigenvalue weighted by molar-refractivity contribution is 5.91. The van der Waals surface area contributed by atoms with E-state index in [1.807, 2.05) is 12.1 Å². The molecule has 3 rings (SSSR count). The zero-order valence-electron chi connectivity index (χ0n) is 19.0. The molecule has 8 heteroatoms. The van der Waals surface area contributed by atoms with Crippen molar-refractivity contribution in [3.63, 3.8) is 0 Å². The number of amides is 1. The Morgan fingerprint density at radius 3 is 2.35 bits per heavy atom. The lowest BCUT2D eigenvalue weighted by atomic mass is 10.1. The molecule has 0 fully saturated rings. The number of hydrogen-bond donors (Lipinski definition) is 1. The first-order chi connectivity index (χ1) is 16.5. The van der Waals surface area contributed by atoms with E-state index in [4.69, 9.17) is 18.9 Å². The fourth-order valence-electron chi connectivity index (χ4n) is 3.11. The number of ether oxygens (including phenoxy) is 4. The topological polar surface area (TPSA) is 83.1 Å². The van der Waals surface area contributed by atoms with Crippen molar-refractivity contribution in [2.45, 2.75) is 13.0 Å². The maximum atomic E-state index is 13.0. The molecule has 0 aliphatic heterocycles. The maximum absolute atomic E-state index is 13.0. The fourth-order valence-corrected chi connectivity index (χ4v) is 3.11. The number of carbonyl (C=O) groups is 2. The number of methoxy groups -OCH3 is 2. The molecule has 1 N–H and O–H groups in total. The Morgan fingerprint density at radius 1 is 0.882 bits per heavy atom. The summed E-state index contributed by atoms with van der Waals surface area (Å²) in [4.78, 5) is 24.4. The molecular weight excluding hydrogens is 441 g/mol. The number of esters is 1. The summed E-state index contributed by atoms with van der Waals surface area (Å²) >= 11 is 0. The monoisotopic (exact) mass is 467 g/mol. The molecule has 7 nitrogen and oxygen atoms in total. The zero-order valence-corrected chi connectivity index (χ0v) is 19.0. The minimum atomic E-state index is -0.637. The van der Waals surface area contributed by atoms with Gasteiger partial charge in [0.1, 0.15) is 18.2 Å². The lowest BCUT2D eigenvalue weighted by Crippen LogP contribution is -2.30. The van der Waals surface area contributed by atoms with E-state index < -0.39 is 18.5 Å². The lowest BCUT2D eigenvalue weighted by molar-refractivity contribution is -0.124. The molecule has 0 atom stereocenters. The van der Waals surface area contributed by atoms with E-state index in [-0.39, 0.29) is 18.0 Å². The molecule has 178 valence electrons. The fraction of sp³-hybridized carbons (Fsp3) is 0.231. The van der Waals surface area contributed by atoms with E-state index in [1.165, 1.54) is 18.2 Å². The quantitative estimate of drug-likeness (QED) is 0.430. The van der Waals surface area contributed by atoms with Crippen molar-refractivity contribution in [2.24, 2.45) is 0 Å². The first-order valence-electron chi connectivity index (χ1n) is 10.6. The summed E-state index contributed by atoms with van der Waals surface area (Å²) in [5, 5.41) is 2.72. The predicted octanol–water partition coefficient (Wildman–Crippen LogP) is 3.94. The number of hydrogen-bond acceptors (Lipinski definition) is 6. The van der Waals surface area contributed by atoms with Crippen LogP contribution in [-0.2, 0) is 22.6 Å². The second-order valence-electron chi connectivity index (χ2n) is 7.31. The molecule has 3 aromatic rings. The number of carbonyl (C=O) groups excluding carboxylic acids is 2. The van der Waals surface area contributed by atoms with E-state index in [0.717, 1.165) is 11.1 Å². The molecule has 0 saturated heterocycles. The van der Waals surface area contributed by atoms with E-state index in [0.29, 0.717) is 30.2 Å². The Bertz CT molecular complexity index is 1120. The summed E-state index contributed by atoms with van der Waals surface area (Å²) in [6.07, 6.45) is 0.577. The highest BCUT2D eigenvalue weighted by Crippen LogP contribution is 2.27. The molecule has 0 spiro atoms. The molecule has 0 aromatic heterocycles. The van der Waals surface area contributed by atoms with Crippen LogP contribution in [0.4, 0.5) is 4.39 Å². The first kappa shape index (κ1) is 24.6. The van der Waals surface area contributed by atoms with Gasteiger partial charge in [-0.15, -0.1) is 0 Å². The van der Waals surface area contributed by atoms with Crippen molar-refractivity contribution in [3.05, 3.63) is 89.2 Å². The average molecular weight is 467 g/mol. The molecule has 0 radical (unpaired) electrons. The average Bonchev–Trinajstić information content (AvgIpc) is 2.87. The van der Waals surface area contributed by atoms with E-state index >= 15 is 0 Å². The van der Waals surface area contributed by atoms with E-state index in [9.17, 15) is 14.0 Å². The van der Waals surface area contributed by atoms with E-state index in [1.54, 1.807) is 50.6 Å². The standard InChI is InChI=1S/C26H26FNO6/c1-31-23-11-8-18(14-24(23)32-2)12-13-28-25(29)17-34-26(30)20-4-3-5-22(15-20)33-16-19-6-9-21(27)10-7-19/h3-11,14-15H,12-13,16-17H2,1-2H3,(H,28,29). The SMILES string of the molecule is COc1ccc(CCNC(=O)COC(=O)c2cccc(OCc3ccc(F)cc3)c2)cc1OC. The zero-order chi connectivity index (χ0) is 24.3. The van der Waals surface area contributed by atoms with Gasteiger partial charge in [0.05, 0.1) is 19.8 Å². The number of halogens is 1. The third-order valence-electron chi connectivity index (χ3n) is 4.91. The molecule has 0 bridgehead atoms. The molecule has 0 unspecified atom stereocenters. The van der Waals surface area contributed by atoms with Crippen LogP contribution in [0.5, 0.6) is 17.2 Å². The molecule has 0 aliphatic rings. The van der Waals surface area contributed by atoms with Crippen LogP contribution < -0.4 is 19.5 Å². The van der Waals surface area contributed by atoms with Crippen molar-refractivity contribution in [1.29, 1.82) is 0 Å². The van der Waals surface area contributed by atoms with Crippen LogP contribution in [-0.4, -0.2) is 39.2 Å². The summed E-state index contributed by atoms with van der Waals surface area (Å²) < 4.78 is 34.2. The third kappa shape index (κ3) is 7.23. The van der Waals surface area contributed by atoms with Crippen LogP contribution >= 0.6 is 0 Å². The normalized spacial score (nSPS) is 10.3. The predicted molar refractivity (Wildman–Crippen MR) is 124 cm³/mol. The second kappa shape index (κ2) is 12.2. The van der Waals surface area contributed by atoms with Gasteiger partial charge in [-0.3, -0.25) is 4.79 Å². The third-order valence-corrected chi connectivity index (χ3v) is 4.91. The van der Waals surface area contributed by atoms with Crippen molar-refractivity contribution in [2.75, 3.05) is 27.4 Å². The van der Waals surface area contributed by atoms with Crippen LogP contribution in [0.15, 0.2) is 66.7 Å².